The van der Waals surface area contributed by atoms with E-state index in [1.807, 2.05) is 18.2 Å². The number of benzene rings is 2. The van der Waals surface area contributed by atoms with Gasteiger partial charge in [0, 0.05) is 12.6 Å². The molecule has 0 radical (unpaired) electrons. The molecule has 2 aromatic carbocycles. The molecule has 7 heteroatoms. The maximum atomic E-state index is 12.5. The zero-order valence-corrected chi connectivity index (χ0v) is 15.4. The van der Waals surface area contributed by atoms with Crippen molar-refractivity contribution in [3.05, 3.63) is 65.2 Å². The lowest BCUT2D eigenvalue weighted by Crippen LogP contribution is -2.38. The number of ether oxygens (including phenoxy) is 1. The van der Waals surface area contributed by atoms with Crippen LogP contribution in [0, 0.1) is 0 Å². The average Bonchev–Trinajstić information content (AvgIpc) is 2.66. The number of rotatable bonds is 6. The van der Waals surface area contributed by atoms with Crippen LogP contribution in [0.2, 0.25) is 0 Å². The van der Waals surface area contributed by atoms with Crippen molar-refractivity contribution in [3.8, 4) is 0 Å². The molecule has 138 valence electrons. The second kappa shape index (κ2) is 7.99. The second-order valence-electron chi connectivity index (χ2n) is 6.05. The molecule has 1 unspecified atom stereocenters. The van der Waals surface area contributed by atoms with Crippen LogP contribution in [0.4, 0.5) is 0 Å². The highest BCUT2D eigenvalue weighted by Gasteiger charge is 2.22. The third kappa shape index (κ3) is 4.12. The lowest BCUT2D eigenvalue weighted by Gasteiger charge is -2.27. The standard InChI is InChI=1S/C19H22N2O4S/c1-2-25-19(22)15-7-9-16(10-8-15)26(23,24)21-13-18-17-6-4-3-5-14(17)11-12-20-18/h3-10,18,20-21H,2,11-13H2,1H3. The molecule has 2 aromatic rings. The minimum atomic E-state index is -3.66. The minimum Gasteiger partial charge on any atom is -0.462 e. The fourth-order valence-corrected chi connectivity index (χ4v) is 4.08. The van der Waals surface area contributed by atoms with E-state index in [0.717, 1.165) is 18.5 Å². The number of esters is 1. The van der Waals surface area contributed by atoms with Crippen molar-refractivity contribution >= 4 is 16.0 Å². The molecule has 0 aliphatic carbocycles. The van der Waals surface area contributed by atoms with Crippen molar-refractivity contribution in [1.82, 2.24) is 10.0 Å². The number of carbonyl (C=O) groups is 1. The SMILES string of the molecule is CCOC(=O)c1ccc(S(=O)(=O)NCC2NCCc3ccccc32)cc1. The third-order valence-corrected chi connectivity index (χ3v) is 5.81. The van der Waals surface area contributed by atoms with E-state index in [1.165, 1.54) is 29.8 Å². The molecule has 1 aliphatic heterocycles. The van der Waals surface area contributed by atoms with E-state index < -0.39 is 16.0 Å². The van der Waals surface area contributed by atoms with Crippen LogP contribution in [0.1, 0.15) is 34.5 Å². The largest absolute Gasteiger partial charge is 0.462 e. The molecule has 0 bridgehead atoms. The fraction of sp³-hybridized carbons (Fsp3) is 0.316. The molecule has 0 spiro atoms. The molecule has 0 amide bonds. The molecule has 0 saturated carbocycles. The summed E-state index contributed by atoms with van der Waals surface area (Å²) in [5, 5.41) is 3.35. The highest BCUT2D eigenvalue weighted by molar-refractivity contribution is 7.89. The molecule has 0 aromatic heterocycles. The van der Waals surface area contributed by atoms with Gasteiger partial charge in [-0.15, -0.1) is 0 Å². The predicted octanol–water partition coefficient (Wildman–Crippen LogP) is 2.03. The Morgan fingerprint density at radius 3 is 2.65 bits per heavy atom. The van der Waals surface area contributed by atoms with Gasteiger partial charge in [-0.3, -0.25) is 0 Å². The molecule has 3 rings (SSSR count). The number of carbonyl (C=O) groups excluding carboxylic acids is 1. The van der Waals surface area contributed by atoms with Gasteiger partial charge in [0.1, 0.15) is 0 Å². The second-order valence-corrected chi connectivity index (χ2v) is 7.82. The Bertz CT molecular complexity index is 879. The van der Waals surface area contributed by atoms with Crippen molar-refractivity contribution < 1.29 is 17.9 Å². The number of sulfonamides is 1. The lowest BCUT2D eigenvalue weighted by atomic mass is 9.95. The Hall–Kier alpha value is -2.22. The first kappa shape index (κ1) is 18.6. The minimum absolute atomic E-state index is 0.0615. The average molecular weight is 374 g/mol. The van der Waals surface area contributed by atoms with Crippen molar-refractivity contribution in [2.24, 2.45) is 0 Å². The van der Waals surface area contributed by atoms with Crippen LogP contribution < -0.4 is 10.0 Å². The number of hydrogen-bond donors (Lipinski definition) is 2. The zero-order valence-electron chi connectivity index (χ0n) is 14.6. The first-order chi connectivity index (χ1) is 12.5. The summed E-state index contributed by atoms with van der Waals surface area (Å²) in [5.41, 5.74) is 2.70. The fourth-order valence-electron chi connectivity index (χ4n) is 3.04. The van der Waals surface area contributed by atoms with Gasteiger partial charge >= 0.3 is 5.97 Å². The summed E-state index contributed by atoms with van der Waals surface area (Å²) in [6, 6.07) is 13.7. The van der Waals surface area contributed by atoms with Crippen LogP contribution in [0.3, 0.4) is 0 Å². The molecule has 1 atom stereocenters. The van der Waals surface area contributed by atoms with E-state index >= 15 is 0 Å². The molecule has 1 aliphatic rings. The predicted molar refractivity (Wildman–Crippen MR) is 98.5 cm³/mol. The lowest BCUT2D eigenvalue weighted by molar-refractivity contribution is 0.0526. The van der Waals surface area contributed by atoms with Crippen LogP contribution in [0.15, 0.2) is 53.4 Å². The Kier molecular flexibility index (Phi) is 5.70. The smallest absolute Gasteiger partial charge is 0.338 e. The van der Waals surface area contributed by atoms with E-state index in [2.05, 4.69) is 16.1 Å². The van der Waals surface area contributed by atoms with Crippen LogP contribution in [-0.2, 0) is 21.2 Å². The van der Waals surface area contributed by atoms with E-state index in [4.69, 9.17) is 4.74 Å². The molecule has 0 fully saturated rings. The molecule has 2 N–H and O–H groups in total. The highest BCUT2D eigenvalue weighted by Crippen LogP contribution is 2.22. The molecule has 0 saturated heterocycles. The topological polar surface area (TPSA) is 84.5 Å². The number of fused-ring (bicyclic) bond motifs is 1. The normalized spacial score (nSPS) is 16.7. The van der Waals surface area contributed by atoms with Gasteiger partial charge in [-0.25, -0.2) is 17.9 Å². The van der Waals surface area contributed by atoms with Gasteiger partial charge < -0.3 is 10.1 Å². The summed E-state index contributed by atoms with van der Waals surface area (Å²) >= 11 is 0. The Morgan fingerprint density at radius 1 is 1.19 bits per heavy atom. The quantitative estimate of drug-likeness (QED) is 0.756. The first-order valence-electron chi connectivity index (χ1n) is 8.59. The summed E-state index contributed by atoms with van der Waals surface area (Å²) in [6.45, 7) is 3.07. The zero-order chi connectivity index (χ0) is 18.6. The van der Waals surface area contributed by atoms with E-state index in [-0.39, 0.29) is 24.1 Å². The molecule has 6 nitrogen and oxygen atoms in total. The monoisotopic (exact) mass is 374 g/mol. The molecule has 1 heterocycles. The molecular weight excluding hydrogens is 352 g/mol. The Balaban J connectivity index is 1.69. The van der Waals surface area contributed by atoms with E-state index in [1.54, 1.807) is 6.92 Å². The van der Waals surface area contributed by atoms with Gasteiger partial charge in [0.05, 0.1) is 17.1 Å². The third-order valence-electron chi connectivity index (χ3n) is 4.37. The van der Waals surface area contributed by atoms with Gasteiger partial charge in [-0.05, 0) is 55.3 Å². The van der Waals surface area contributed by atoms with Crippen molar-refractivity contribution in [2.45, 2.75) is 24.3 Å². The van der Waals surface area contributed by atoms with Gasteiger partial charge in [-0.1, -0.05) is 24.3 Å². The van der Waals surface area contributed by atoms with Gasteiger partial charge in [0.2, 0.25) is 10.0 Å². The van der Waals surface area contributed by atoms with E-state index in [0.29, 0.717) is 5.56 Å². The molecular formula is C19H22N2O4S. The van der Waals surface area contributed by atoms with Gasteiger partial charge in [0.15, 0.2) is 0 Å². The van der Waals surface area contributed by atoms with Crippen LogP contribution in [0.25, 0.3) is 0 Å². The summed E-state index contributed by atoms with van der Waals surface area (Å²) in [7, 11) is -3.66. The highest BCUT2D eigenvalue weighted by atomic mass is 32.2. The Labute approximate surface area is 153 Å². The van der Waals surface area contributed by atoms with Gasteiger partial charge in [0.25, 0.3) is 0 Å². The van der Waals surface area contributed by atoms with Crippen LogP contribution in [0.5, 0.6) is 0 Å². The van der Waals surface area contributed by atoms with Crippen LogP contribution >= 0.6 is 0 Å². The van der Waals surface area contributed by atoms with Crippen molar-refractivity contribution in [3.63, 3.8) is 0 Å². The summed E-state index contributed by atoms with van der Waals surface area (Å²) in [5.74, 6) is -0.465. The molecule has 26 heavy (non-hydrogen) atoms. The maximum Gasteiger partial charge on any atom is 0.338 e. The first-order valence-corrected chi connectivity index (χ1v) is 10.1. The van der Waals surface area contributed by atoms with Crippen molar-refractivity contribution in [2.75, 3.05) is 19.7 Å². The van der Waals surface area contributed by atoms with Crippen molar-refractivity contribution in [1.29, 1.82) is 0 Å². The Morgan fingerprint density at radius 2 is 1.92 bits per heavy atom. The number of hydrogen-bond acceptors (Lipinski definition) is 5. The summed E-state index contributed by atoms with van der Waals surface area (Å²) in [6.07, 6.45) is 0.939. The summed E-state index contributed by atoms with van der Waals surface area (Å²) in [4.78, 5) is 11.8. The van der Waals surface area contributed by atoms with Crippen LogP contribution in [-0.4, -0.2) is 34.1 Å². The summed E-state index contributed by atoms with van der Waals surface area (Å²) < 4.78 is 32.6. The van der Waals surface area contributed by atoms with Gasteiger partial charge in [-0.2, -0.15) is 0 Å². The van der Waals surface area contributed by atoms with E-state index in [9.17, 15) is 13.2 Å². The number of nitrogens with one attached hydrogen (secondary N) is 2. The maximum absolute atomic E-state index is 12.5.